The maximum atomic E-state index is 3.89. The molecule has 1 fully saturated rings. The van der Waals surface area contributed by atoms with Crippen LogP contribution in [0.25, 0.3) is 0 Å². The predicted octanol–water partition coefficient (Wildman–Crippen LogP) is 0.572. The van der Waals surface area contributed by atoms with Gasteiger partial charge in [0.05, 0.1) is 0 Å². The lowest BCUT2D eigenvalue weighted by molar-refractivity contribution is 0.667. The number of nitrogens with one attached hydrogen (secondary N) is 1. The van der Waals surface area contributed by atoms with Crippen LogP contribution in [0.5, 0.6) is 0 Å². The van der Waals surface area contributed by atoms with E-state index >= 15 is 0 Å². The van der Waals surface area contributed by atoms with Crippen molar-refractivity contribution in [3.05, 3.63) is 6.92 Å². The predicted molar refractivity (Wildman–Crippen MR) is 26.4 cm³/mol. The Hall–Kier alpha value is -0.0400. The van der Waals surface area contributed by atoms with Crippen LogP contribution < -0.4 is 5.32 Å². The summed E-state index contributed by atoms with van der Waals surface area (Å²) in [6.45, 7) is 3.89. The van der Waals surface area contributed by atoms with Crippen LogP contribution in [0.4, 0.5) is 0 Å². The molecule has 0 spiro atoms. The third-order valence-electron chi connectivity index (χ3n) is 1.38. The third-order valence-corrected chi connectivity index (χ3v) is 1.38. The van der Waals surface area contributed by atoms with Gasteiger partial charge >= 0.3 is 0 Å². The maximum absolute atomic E-state index is 3.89. The number of hydrogen-bond acceptors (Lipinski definition) is 1. The highest BCUT2D eigenvalue weighted by Gasteiger charge is 2.34. The molecule has 0 bridgehead atoms. The molecule has 0 aromatic rings. The smallest absolute Gasteiger partial charge is 0.0180 e. The lowest BCUT2D eigenvalue weighted by Crippen LogP contribution is -2.22. The Labute approximate surface area is 38.7 Å². The second kappa shape index (κ2) is 0.969. The van der Waals surface area contributed by atoms with Crippen LogP contribution in [-0.2, 0) is 0 Å². The van der Waals surface area contributed by atoms with Gasteiger partial charge in [-0.25, -0.2) is 0 Å². The summed E-state index contributed by atoms with van der Waals surface area (Å²) in [5.41, 5.74) is 0.292. The molecule has 1 N–H and O–H groups in total. The first-order chi connectivity index (χ1) is 2.77. The van der Waals surface area contributed by atoms with Gasteiger partial charge in [0.25, 0.3) is 0 Å². The van der Waals surface area contributed by atoms with Crippen molar-refractivity contribution in [2.24, 2.45) is 0 Å². The van der Waals surface area contributed by atoms with Gasteiger partial charge in [-0.2, -0.15) is 0 Å². The average molecular weight is 84.1 g/mol. The summed E-state index contributed by atoms with van der Waals surface area (Å²) in [5, 5.41) is 3.10. The SMILES string of the molecule is [CH2]C1(NC)CC1. The second-order valence-corrected chi connectivity index (χ2v) is 2.03. The van der Waals surface area contributed by atoms with E-state index in [0.717, 1.165) is 0 Å². The zero-order valence-electron chi connectivity index (χ0n) is 4.12. The highest BCUT2D eigenvalue weighted by Crippen LogP contribution is 2.32. The molecule has 1 nitrogen and oxygen atoms in total. The van der Waals surface area contributed by atoms with Crippen molar-refractivity contribution < 1.29 is 0 Å². The lowest BCUT2D eigenvalue weighted by Gasteiger charge is -2.00. The normalized spacial score (nSPS) is 27.0. The summed E-state index contributed by atoms with van der Waals surface area (Å²) < 4.78 is 0. The first-order valence-corrected chi connectivity index (χ1v) is 2.31. The summed E-state index contributed by atoms with van der Waals surface area (Å²) in [6, 6.07) is 0. The lowest BCUT2D eigenvalue weighted by atomic mass is 10.3. The highest BCUT2D eigenvalue weighted by molar-refractivity contribution is 5.02. The number of hydrogen-bond donors (Lipinski definition) is 1. The van der Waals surface area contributed by atoms with E-state index < -0.39 is 0 Å². The Morgan fingerprint density at radius 3 is 2.17 bits per heavy atom. The largest absolute Gasteiger partial charge is 0.314 e. The summed E-state index contributed by atoms with van der Waals surface area (Å²) in [5.74, 6) is 0. The monoisotopic (exact) mass is 84.1 g/mol. The molecule has 0 aliphatic heterocycles. The molecule has 1 saturated carbocycles. The van der Waals surface area contributed by atoms with Crippen molar-refractivity contribution >= 4 is 0 Å². The minimum absolute atomic E-state index is 0.292. The fraction of sp³-hybridized carbons (Fsp3) is 0.800. The zero-order chi connectivity index (χ0) is 4.62. The van der Waals surface area contributed by atoms with Gasteiger partial charge in [-0.1, -0.05) is 0 Å². The molecule has 1 rings (SSSR count). The Kier molecular flexibility index (Phi) is 0.667. The molecule has 0 aromatic heterocycles. The van der Waals surface area contributed by atoms with Gasteiger partial charge in [-0.3, -0.25) is 0 Å². The molecule has 0 aromatic carbocycles. The van der Waals surface area contributed by atoms with E-state index in [1.165, 1.54) is 12.8 Å². The van der Waals surface area contributed by atoms with E-state index in [4.69, 9.17) is 0 Å². The van der Waals surface area contributed by atoms with E-state index in [9.17, 15) is 0 Å². The third kappa shape index (κ3) is 0.548. The van der Waals surface area contributed by atoms with Crippen molar-refractivity contribution in [2.75, 3.05) is 7.05 Å². The van der Waals surface area contributed by atoms with Crippen LogP contribution in [0.3, 0.4) is 0 Å². The Balaban J connectivity index is 2.28. The van der Waals surface area contributed by atoms with Gasteiger partial charge in [0, 0.05) is 5.54 Å². The topological polar surface area (TPSA) is 12.0 Å². The van der Waals surface area contributed by atoms with Crippen molar-refractivity contribution in [3.63, 3.8) is 0 Å². The molecule has 0 atom stereocenters. The Morgan fingerprint density at radius 1 is 1.67 bits per heavy atom. The summed E-state index contributed by atoms with van der Waals surface area (Å²) in [6.07, 6.45) is 2.51. The molecule has 0 unspecified atom stereocenters. The van der Waals surface area contributed by atoms with Crippen LogP contribution in [0.1, 0.15) is 12.8 Å². The second-order valence-electron chi connectivity index (χ2n) is 2.03. The molecular formula is C5H10N. The van der Waals surface area contributed by atoms with Gasteiger partial charge in [0.1, 0.15) is 0 Å². The summed E-state index contributed by atoms with van der Waals surface area (Å²) in [4.78, 5) is 0. The quantitative estimate of drug-likeness (QED) is 0.490. The van der Waals surface area contributed by atoms with Crippen LogP contribution >= 0.6 is 0 Å². The Bertz CT molecular complexity index is 55.0. The van der Waals surface area contributed by atoms with Crippen molar-refractivity contribution in [3.8, 4) is 0 Å². The highest BCUT2D eigenvalue weighted by atomic mass is 15.0. The molecule has 0 saturated heterocycles. The van der Waals surface area contributed by atoms with Crippen LogP contribution in [0, 0.1) is 6.92 Å². The van der Waals surface area contributed by atoms with Gasteiger partial charge in [0.15, 0.2) is 0 Å². The Morgan fingerprint density at radius 2 is 2.17 bits per heavy atom. The molecule has 0 amide bonds. The molecule has 1 aliphatic carbocycles. The fourth-order valence-electron chi connectivity index (χ4n) is 0.401. The molecule has 0 heterocycles. The first kappa shape index (κ1) is 4.13. The standard InChI is InChI=1S/C5H10N/c1-5(6-2)3-4-5/h6H,1,3-4H2,2H3. The van der Waals surface area contributed by atoms with Crippen LogP contribution in [0.15, 0.2) is 0 Å². The molecule has 1 radical (unpaired) electrons. The summed E-state index contributed by atoms with van der Waals surface area (Å²) >= 11 is 0. The minimum Gasteiger partial charge on any atom is -0.314 e. The van der Waals surface area contributed by atoms with Gasteiger partial charge in [0.2, 0.25) is 0 Å². The zero-order valence-corrected chi connectivity index (χ0v) is 4.12. The van der Waals surface area contributed by atoms with E-state index in [1.54, 1.807) is 0 Å². The summed E-state index contributed by atoms with van der Waals surface area (Å²) in [7, 11) is 1.96. The van der Waals surface area contributed by atoms with Crippen LogP contribution in [0.2, 0.25) is 0 Å². The van der Waals surface area contributed by atoms with Crippen molar-refractivity contribution in [1.82, 2.24) is 5.32 Å². The molecule has 1 heteroatoms. The van der Waals surface area contributed by atoms with Gasteiger partial charge in [-0.15, -0.1) is 0 Å². The van der Waals surface area contributed by atoms with E-state index in [-0.39, 0.29) is 0 Å². The van der Waals surface area contributed by atoms with E-state index in [0.29, 0.717) is 5.54 Å². The van der Waals surface area contributed by atoms with E-state index in [1.807, 2.05) is 7.05 Å². The maximum Gasteiger partial charge on any atom is 0.0180 e. The van der Waals surface area contributed by atoms with Crippen molar-refractivity contribution in [1.29, 1.82) is 0 Å². The molecule has 35 valence electrons. The average Bonchev–Trinajstić information content (AvgIpc) is 2.22. The van der Waals surface area contributed by atoms with Gasteiger partial charge in [-0.05, 0) is 26.8 Å². The van der Waals surface area contributed by atoms with Crippen molar-refractivity contribution in [2.45, 2.75) is 18.4 Å². The fourth-order valence-corrected chi connectivity index (χ4v) is 0.401. The molecular weight excluding hydrogens is 74.1 g/mol. The first-order valence-electron chi connectivity index (χ1n) is 2.31. The molecule has 1 aliphatic rings. The van der Waals surface area contributed by atoms with Gasteiger partial charge < -0.3 is 5.32 Å². The van der Waals surface area contributed by atoms with Crippen LogP contribution in [-0.4, -0.2) is 12.6 Å². The molecule has 6 heavy (non-hydrogen) atoms. The number of rotatable bonds is 1. The minimum atomic E-state index is 0.292. The van der Waals surface area contributed by atoms with E-state index in [2.05, 4.69) is 12.2 Å².